The Bertz CT molecular complexity index is 240. The molecule has 1 aliphatic carbocycles. The third-order valence-corrected chi connectivity index (χ3v) is 4.72. The SMILES string of the molecule is CC(NCCN1CCC(C(C)(C)C)C1)C1CC1. The van der Waals surface area contributed by atoms with Crippen LogP contribution in [-0.4, -0.2) is 37.1 Å². The Balaban J connectivity index is 1.61. The van der Waals surface area contributed by atoms with E-state index < -0.39 is 0 Å². The van der Waals surface area contributed by atoms with Crippen molar-refractivity contribution < 1.29 is 0 Å². The van der Waals surface area contributed by atoms with Gasteiger partial charge in [-0.1, -0.05) is 20.8 Å². The fourth-order valence-corrected chi connectivity index (χ4v) is 2.96. The maximum Gasteiger partial charge on any atom is 0.0107 e. The maximum absolute atomic E-state index is 3.68. The lowest BCUT2D eigenvalue weighted by atomic mass is 9.80. The van der Waals surface area contributed by atoms with Crippen LogP contribution in [0.4, 0.5) is 0 Å². The molecule has 0 aromatic heterocycles. The minimum absolute atomic E-state index is 0.490. The van der Waals surface area contributed by atoms with E-state index in [1.54, 1.807) is 0 Å². The number of rotatable bonds is 5. The predicted molar refractivity (Wildman–Crippen MR) is 74.2 cm³/mol. The lowest BCUT2D eigenvalue weighted by Gasteiger charge is -2.27. The summed E-state index contributed by atoms with van der Waals surface area (Å²) >= 11 is 0. The van der Waals surface area contributed by atoms with E-state index in [2.05, 4.69) is 37.9 Å². The van der Waals surface area contributed by atoms with Crippen LogP contribution in [0.15, 0.2) is 0 Å². The third-order valence-electron chi connectivity index (χ3n) is 4.72. The van der Waals surface area contributed by atoms with Gasteiger partial charge in [-0.05, 0) is 50.0 Å². The predicted octanol–water partition coefficient (Wildman–Crippen LogP) is 2.74. The number of nitrogens with zero attached hydrogens (tertiary/aromatic N) is 1. The van der Waals surface area contributed by atoms with Gasteiger partial charge in [0.25, 0.3) is 0 Å². The molecule has 2 heteroatoms. The van der Waals surface area contributed by atoms with Gasteiger partial charge in [0.15, 0.2) is 0 Å². The first-order chi connectivity index (χ1) is 7.97. The van der Waals surface area contributed by atoms with Gasteiger partial charge in [0.1, 0.15) is 0 Å². The molecular weight excluding hydrogens is 208 g/mol. The molecule has 0 spiro atoms. The summed E-state index contributed by atoms with van der Waals surface area (Å²) < 4.78 is 0. The zero-order valence-corrected chi connectivity index (χ0v) is 12.1. The van der Waals surface area contributed by atoms with Gasteiger partial charge in [0.2, 0.25) is 0 Å². The average Bonchev–Trinajstić information content (AvgIpc) is 2.97. The Morgan fingerprint density at radius 3 is 2.47 bits per heavy atom. The van der Waals surface area contributed by atoms with Crippen molar-refractivity contribution in [2.45, 2.75) is 53.0 Å². The first kappa shape index (κ1) is 13.4. The molecular formula is C15H30N2. The molecule has 1 heterocycles. The molecule has 17 heavy (non-hydrogen) atoms. The van der Waals surface area contributed by atoms with Crippen LogP contribution in [0.2, 0.25) is 0 Å². The summed E-state index contributed by atoms with van der Waals surface area (Å²) in [7, 11) is 0. The first-order valence-electron chi connectivity index (χ1n) is 7.42. The van der Waals surface area contributed by atoms with Crippen molar-refractivity contribution in [3.05, 3.63) is 0 Å². The van der Waals surface area contributed by atoms with E-state index in [0.717, 1.165) is 17.9 Å². The van der Waals surface area contributed by atoms with Gasteiger partial charge < -0.3 is 10.2 Å². The van der Waals surface area contributed by atoms with Gasteiger partial charge in [0, 0.05) is 25.7 Å². The summed E-state index contributed by atoms with van der Waals surface area (Å²) in [5.74, 6) is 1.87. The van der Waals surface area contributed by atoms with Gasteiger partial charge >= 0.3 is 0 Å². The van der Waals surface area contributed by atoms with Crippen molar-refractivity contribution in [2.75, 3.05) is 26.2 Å². The van der Waals surface area contributed by atoms with Gasteiger partial charge in [-0.15, -0.1) is 0 Å². The van der Waals surface area contributed by atoms with Crippen molar-refractivity contribution in [1.82, 2.24) is 10.2 Å². The van der Waals surface area contributed by atoms with E-state index in [0.29, 0.717) is 5.41 Å². The van der Waals surface area contributed by atoms with Crippen molar-refractivity contribution >= 4 is 0 Å². The molecule has 2 rings (SSSR count). The molecule has 0 aromatic carbocycles. The summed E-state index contributed by atoms with van der Waals surface area (Å²) in [6.07, 6.45) is 4.29. The van der Waals surface area contributed by atoms with Gasteiger partial charge in [-0.25, -0.2) is 0 Å². The highest BCUT2D eigenvalue weighted by molar-refractivity contribution is 4.86. The lowest BCUT2D eigenvalue weighted by Crippen LogP contribution is -2.36. The fraction of sp³-hybridized carbons (Fsp3) is 1.00. The molecule has 100 valence electrons. The topological polar surface area (TPSA) is 15.3 Å². The Morgan fingerprint density at radius 2 is 1.94 bits per heavy atom. The molecule has 0 bridgehead atoms. The summed E-state index contributed by atoms with van der Waals surface area (Å²) in [5, 5.41) is 3.68. The van der Waals surface area contributed by atoms with Crippen LogP contribution < -0.4 is 5.32 Å². The highest BCUT2D eigenvalue weighted by atomic mass is 15.2. The Hall–Kier alpha value is -0.0800. The second-order valence-electron chi connectivity index (χ2n) is 7.23. The highest BCUT2D eigenvalue weighted by Crippen LogP contribution is 2.33. The van der Waals surface area contributed by atoms with Crippen LogP contribution in [-0.2, 0) is 0 Å². The average molecular weight is 238 g/mol. The first-order valence-corrected chi connectivity index (χ1v) is 7.42. The van der Waals surface area contributed by atoms with Crippen LogP contribution in [0.3, 0.4) is 0 Å². The summed E-state index contributed by atoms with van der Waals surface area (Å²) in [4.78, 5) is 2.64. The molecule has 0 radical (unpaired) electrons. The van der Waals surface area contributed by atoms with E-state index in [-0.39, 0.29) is 0 Å². The molecule has 1 saturated carbocycles. The zero-order chi connectivity index (χ0) is 12.5. The van der Waals surface area contributed by atoms with Gasteiger partial charge in [-0.2, -0.15) is 0 Å². The van der Waals surface area contributed by atoms with E-state index >= 15 is 0 Å². The van der Waals surface area contributed by atoms with Gasteiger partial charge in [-0.3, -0.25) is 0 Å². The molecule has 2 aliphatic rings. The normalized spacial score (nSPS) is 28.6. The van der Waals surface area contributed by atoms with E-state index in [1.165, 1.54) is 45.4 Å². The van der Waals surface area contributed by atoms with Crippen LogP contribution in [0.25, 0.3) is 0 Å². The Kier molecular flexibility index (Phi) is 4.14. The molecule has 0 aromatic rings. The monoisotopic (exact) mass is 238 g/mol. The molecule has 0 amide bonds. The maximum atomic E-state index is 3.68. The minimum Gasteiger partial charge on any atom is -0.313 e. The summed E-state index contributed by atoms with van der Waals surface area (Å²) in [5.41, 5.74) is 0.490. The van der Waals surface area contributed by atoms with Crippen LogP contribution in [0.5, 0.6) is 0 Å². The molecule has 2 nitrogen and oxygen atoms in total. The fourth-order valence-electron chi connectivity index (χ4n) is 2.96. The summed E-state index contributed by atoms with van der Waals surface area (Å²) in [6.45, 7) is 14.5. The van der Waals surface area contributed by atoms with E-state index in [9.17, 15) is 0 Å². The Morgan fingerprint density at radius 1 is 1.24 bits per heavy atom. The second-order valence-corrected chi connectivity index (χ2v) is 7.23. The third kappa shape index (κ3) is 3.96. The number of hydrogen-bond acceptors (Lipinski definition) is 2. The minimum atomic E-state index is 0.490. The lowest BCUT2D eigenvalue weighted by molar-refractivity contribution is 0.228. The van der Waals surface area contributed by atoms with Crippen LogP contribution in [0.1, 0.15) is 47.0 Å². The summed E-state index contributed by atoms with van der Waals surface area (Å²) in [6, 6.07) is 0.746. The number of likely N-dealkylation sites (tertiary alicyclic amines) is 1. The van der Waals surface area contributed by atoms with Gasteiger partial charge in [0.05, 0.1) is 0 Å². The zero-order valence-electron chi connectivity index (χ0n) is 12.1. The second kappa shape index (κ2) is 5.27. The molecule has 1 N–H and O–H groups in total. The van der Waals surface area contributed by atoms with E-state index in [4.69, 9.17) is 0 Å². The number of nitrogens with one attached hydrogen (secondary N) is 1. The molecule has 2 unspecified atom stereocenters. The van der Waals surface area contributed by atoms with Crippen molar-refractivity contribution in [2.24, 2.45) is 17.3 Å². The van der Waals surface area contributed by atoms with Crippen molar-refractivity contribution in [3.63, 3.8) is 0 Å². The van der Waals surface area contributed by atoms with Crippen molar-refractivity contribution in [1.29, 1.82) is 0 Å². The van der Waals surface area contributed by atoms with Crippen LogP contribution >= 0.6 is 0 Å². The molecule has 1 saturated heterocycles. The number of hydrogen-bond donors (Lipinski definition) is 1. The molecule has 1 aliphatic heterocycles. The molecule has 2 fully saturated rings. The molecule has 2 atom stereocenters. The van der Waals surface area contributed by atoms with Crippen molar-refractivity contribution in [3.8, 4) is 0 Å². The smallest absolute Gasteiger partial charge is 0.0107 e. The quantitative estimate of drug-likeness (QED) is 0.792. The van der Waals surface area contributed by atoms with E-state index in [1.807, 2.05) is 0 Å². The van der Waals surface area contributed by atoms with Crippen LogP contribution in [0, 0.1) is 17.3 Å². The highest BCUT2D eigenvalue weighted by Gasteiger charge is 2.31. The largest absolute Gasteiger partial charge is 0.313 e. The Labute approximate surface area is 107 Å². The standard InChI is InChI=1S/C15H30N2/c1-12(13-5-6-13)16-8-10-17-9-7-14(11-17)15(2,3)4/h12-14,16H,5-11H2,1-4H3.